The molecule has 0 saturated heterocycles. The molecule has 1 aromatic carbocycles. The van der Waals surface area contributed by atoms with Gasteiger partial charge < -0.3 is 16.8 Å². The van der Waals surface area contributed by atoms with Gasteiger partial charge in [-0.25, -0.2) is 0 Å². The zero-order valence-electron chi connectivity index (χ0n) is 8.85. The SMILES string of the molecule is NCCC(=O)NC(C(N)=O)c1ccccc1. The Morgan fingerprint density at radius 1 is 1.25 bits per heavy atom. The van der Waals surface area contributed by atoms with E-state index in [9.17, 15) is 9.59 Å². The van der Waals surface area contributed by atoms with E-state index < -0.39 is 11.9 Å². The molecule has 1 atom stereocenters. The maximum atomic E-state index is 11.3. The van der Waals surface area contributed by atoms with Crippen LogP contribution in [0.2, 0.25) is 0 Å². The van der Waals surface area contributed by atoms with Crippen molar-refractivity contribution in [3.63, 3.8) is 0 Å². The first kappa shape index (κ1) is 12.2. The zero-order chi connectivity index (χ0) is 12.0. The van der Waals surface area contributed by atoms with Gasteiger partial charge in [-0.15, -0.1) is 0 Å². The fourth-order valence-electron chi connectivity index (χ4n) is 1.33. The van der Waals surface area contributed by atoms with Crippen molar-refractivity contribution in [2.24, 2.45) is 11.5 Å². The average molecular weight is 221 g/mol. The summed E-state index contributed by atoms with van der Waals surface area (Å²) in [5, 5.41) is 2.54. The van der Waals surface area contributed by atoms with Crippen molar-refractivity contribution < 1.29 is 9.59 Å². The van der Waals surface area contributed by atoms with Crippen LogP contribution in [0.4, 0.5) is 0 Å². The highest BCUT2D eigenvalue weighted by atomic mass is 16.2. The Morgan fingerprint density at radius 3 is 2.38 bits per heavy atom. The Hall–Kier alpha value is -1.88. The molecule has 0 saturated carbocycles. The summed E-state index contributed by atoms with van der Waals surface area (Å²) in [7, 11) is 0. The van der Waals surface area contributed by atoms with Gasteiger partial charge in [0.2, 0.25) is 11.8 Å². The summed E-state index contributed by atoms with van der Waals surface area (Å²) in [6.45, 7) is 0.242. The normalized spacial score (nSPS) is 11.8. The number of nitrogens with two attached hydrogens (primary N) is 2. The van der Waals surface area contributed by atoms with Gasteiger partial charge in [0.05, 0.1) is 0 Å². The molecular formula is C11H15N3O2. The van der Waals surface area contributed by atoms with Crippen molar-refractivity contribution >= 4 is 11.8 Å². The monoisotopic (exact) mass is 221 g/mol. The van der Waals surface area contributed by atoms with E-state index in [-0.39, 0.29) is 18.9 Å². The molecular weight excluding hydrogens is 206 g/mol. The lowest BCUT2D eigenvalue weighted by atomic mass is 10.1. The highest BCUT2D eigenvalue weighted by Gasteiger charge is 2.19. The van der Waals surface area contributed by atoms with E-state index in [1.807, 2.05) is 6.07 Å². The number of carbonyl (C=O) groups excluding carboxylic acids is 2. The molecule has 0 bridgehead atoms. The lowest BCUT2D eigenvalue weighted by Gasteiger charge is -2.15. The summed E-state index contributed by atoms with van der Waals surface area (Å²) in [5.74, 6) is -0.869. The van der Waals surface area contributed by atoms with E-state index in [0.29, 0.717) is 5.56 Å². The van der Waals surface area contributed by atoms with Gasteiger partial charge >= 0.3 is 0 Å². The fourth-order valence-corrected chi connectivity index (χ4v) is 1.33. The standard InChI is InChI=1S/C11H15N3O2/c12-7-6-9(15)14-10(11(13)16)8-4-2-1-3-5-8/h1-5,10H,6-7,12H2,(H2,13,16)(H,14,15). The van der Waals surface area contributed by atoms with Crippen LogP contribution in [0.15, 0.2) is 30.3 Å². The van der Waals surface area contributed by atoms with Crippen LogP contribution in [0.1, 0.15) is 18.0 Å². The molecule has 86 valence electrons. The Kier molecular flexibility index (Phi) is 4.47. The molecule has 5 nitrogen and oxygen atoms in total. The molecule has 16 heavy (non-hydrogen) atoms. The zero-order valence-corrected chi connectivity index (χ0v) is 8.85. The van der Waals surface area contributed by atoms with Crippen LogP contribution in [0.3, 0.4) is 0 Å². The molecule has 0 aliphatic rings. The van der Waals surface area contributed by atoms with Crippen molar-refractivity contribution in [3.05, 3.63) is 35.9 Å². The lowest BCUT2D eigenvalue weighted by Crippen LogP contribution is -2.38. The highest BCUT2D eigenvalue weighted by molar-refractivity contribution is 5.87. The third-order valence-electron chi connectivity index (χ3n) is 2.09. The molecule has 1 unspecified atom stereocenters. The fraction of sp³-hybridized carbons (Fsp3) is 0.273. The van der Waals surface area contributed by atoms with Gasteiger partial charge in [0.15, 0.2) is 0 Å². The molecule has 5 N–H and O–H groups in total. The number of nitrogens with one attached hydrogen (secondary N) is 1. The van der Waals surface area contributed by atoms with Gasteiger partial charge in [-0.2, -0.15) is 0 Å². The second-order valence-electron chi connectivity index (χ2n) is 3.35. The average Bonchev–Trinajstić information content (AvgIpc) is 2.27. The summed E-state index contributed by atoms with van der Waals surface area (Å²) >= 11 is 0. The number of hydrogen-bond donors (Lipinski definition) is 3. The van der Waals surface area contributed by atoms with Crippen molar-refractivity contribution in [1.29, 1.82) is 0 Å². The Bertz CT molecular complexity index is 365. The van der Waals surface area contributed by atoms with E-state index in [1.54, 1.807) is 24.3 Å². The minimum atomic E-state index is -0.791. The molecule has 0 aliphatic heterocycles. The van der Waals surface area contributed by atoms with Gasteiger partial charge in [0.25, 0.3) is 0 Å². The van der Waals surface area contributed by atoms with Crippen molar-refractivity contribution in [2.75, 3.05) is 6.54 Å². The van der Waals surface area contributed by atoms with Crippen LogP contribution in [-0.2, 0) is 9.59 Å². The number of carbonyl (C=O) groups is 2. The minimum absolute atomic E-state index is 0.177. The smallest absolute Gasteiger partial charge is 0.244 e. The molecule has 2 amide bonds. The predicted molar refractivity (Wildman–Crippen MR) is 60.2 cm³/mol. The maximum Gasteiger partial charge on any atom is 0.244 e. The number of benzene rings is 1. The van der Waals surface area contributed by atoms with Crippen LogP contribution >= 0.6 is 0 Å². The van der Waals surface area contributed by atoms with Gasteiger partial charge in [-0.05, 0) is 5.56 Å². The lowest BCUT2D eigenvalue weighted by molar-refractivity contribution is -0.127. The number of rotatable bonds is 5. The molecule has 5 heteroatoms. The summed E-state index contributed by atoms with van der Waals surface area (Å²) in [5.41, 5.74) is 11.1. The Balaban J connectivity index is 2.77. The second-order valence-corrected chi connectivity index (χ2v) is 3.35. The molecule has 0 fully saturated rings. The summed E-state index contributed by atoms with van der Waals surface area (Å²) in [6.07, 6.45) is 0.177. The number of primary amides is 1. The van der Waals surface area contributed by atoms with E-state index in [4.69, 9.17) is 11.5 Å². The van der Waals surface area contributed by atoms with Crippen molar-refractivity contribution in [2.45, 2.75) is 12.5 Å². The molecule has 1 rings (SSSR count). The summed E-state index contributed by atoms with van der Waals surface area (Å²) < 4.78 is 0. The molecule has 0 aromatic heterocycles. The van der Waals surface area contributed by atoms with Crippen molar-refractivity contribution in [3.8, 4) is 0 Å². The van der Waals surface area contributed by atoms with Gasteiger partial charge in [-0.3, -0.25) is 9.59 Å². The third-order valence-corrected chi connectivity index (χ3v) is 2.09. The second kappa shape index (κ2) is 5.87. The first-order chi connectivity index (χ1) is 7.65. The minimum Gasteiger partial charge on any atom is -0.368 e. The van der Waals surface area contributed by atoms with Crippen LogP contribution < -0.4 is 16.8 Å². The van der Waals surface area contributed by atoms with Crippen LogP contribution in [0.25, 0.3) is 0 Å². The van der Waals surface area contributed by atoms with E-state index in [1.165, 1.54) is 0 Å². The van der Waals surface area contributed by atoms with E-state index >= 15 is 0 Å². The van der Waals surface area contributed by atoms with Crippen LogP contribution in [0.5, 0.6) is 0 Å². The first-order valence-electron chi connectivity index (χ1n) is 4.99. The largest absolute Gasteiger partial charge is 0.368 e. The van der Waals surface area contributed by atoms with Gasteiger partial charge in [-0.1, -0.05) is 30.3 Å². The predicted octanol–water partition coefficient (Wildman–Crippen LogP) is -0.322. The maximum absolute atomic E-state index is 11.3. The van der Waals surface area contributed by atoms with Gasteiger partial charge in [0, 0.05) is 13.0 Å². The van der Waals surface area contributed by atoms with Crippen molar-refractivity contribution in [1.82, 2.24) is 5.32 Å². The van der Waals surface area contributed by atoms with Gasteiger partial charge in [0.1, 0.15) is 6.04 Å². The molecule has 1 aromatic rings. The van der Waals surface area contributed by atoms with Crippen LogP contribution in [0, 0.1) is 0 Å². The van der Waals surface area contributed by atoms with E-state index in [0.717, 1.165) is 0 Å². The summed E-state index contributed by atoms with van der Waals surface area (Å²) in [4.78, 5) is 22.5. The molecule has 0 spiro atoms. The molecule has 0 heterocycles. The first-order valence-corrected chi connectivity index (χ1v) is 4.99. The van der Waals surface area contributed by atoms with Crippen LogP contribution in [-0.4, -0.2) is 18.4 Å². The Labute approximate surface area is 93.8 Å². The summed E-state index contributed by atoms with van der Waals surface area (Å²) in [6, 6.07) is 8.06. The van der Waals surface area contributed by atoms with E-state index in [2.05, 4.69) is 5.32 Å². The molecule has 0 radical (unpaired) electrons. The quantitative estimate of drug-likeness (QED) is 0.635. The highest BCUT2D eigenvalue weighted by Crippen LogP contribution is 2.11. The number of amides is 2. The number of hydrogen-bond acceptors (Lipinski definition) is 3. The topological polar surface area (TPSA) is 98.2 Å². The third kappa shape index (κ3) is 3.36. The Morgan fingerprint density at radius 2 is 1.88 bits per heavy atom. The molecule has 0 aliphatic carbocycles.